The van der Waals surface area contributed by atoms with Crippen LogP contribution in [0.5, 0.6) is 5.75 Å². The molecule has 0 bridgehead atoms. The molecule has 0 aliphatic carbocycles. The van der Waals surface area contributed by atoms with Crippen molar-refractivity contribution in [1.29, 1.82) is 0 Å². The summed E-state index contributed by atoms with van der Waals surface area (Å²) < 4.78 is 5.59. The number of ether oxygens (including phenoxy) is 1. The number of carboxylic acid groups (broad SMARTS) is 1. The number of amides is 1. The first-order valence-electron chi connectivity index (χ1n) is 10.7. The van der Waals surface area contributed by atoms with E-state index in [1.165, 1.54) is 0 Å². The van der Waals surface area contributed by atoms with Crippen molar-refractivity contribution in [3.05, 3.63) is 94.5 Å². The van der Waals surface area contributed by atoms with Crippen molar-refractivity contribution >= 4 is 29.2 Å². The van der Waals surface area contributed by atoms with Crippen molar-refractivity contribution in [3.8, 4) is 5.75 Å². The summed E-state index contributed by atoms with van der Waals surface area (Å²) in [5.41, 5.74) is 3.76. The highest BCUT2D eigenvalue weighted by molar-refractivity contribution is 6.30. The van der Waals surface area contributed by atoms with Crippen LogP contribution in [0.15, 0.2) is 72.8 Å². The summed E-state index contributed by atoms with van der Waals surface area (Å²) in [7, 11) is 1.89. The monoisotopic (exact) mass is 464 g/mol. The van der Waals surface area contributed by atoms with Gasteiger partial charge in [0, 0.05) is 29.9 Å². The predicted molar refractivity (Wildman–Crippen MR) is 128 cm³/mol. The molecule has 0 aromatic heterocycles. The molecule has 0 saturated heterocycles. The molecule has 1 amide bonds. The number of benzene rings is 3. The first kappa shape index (κ1) is 22.7. The lowest BCUT2D eigenvalue weighted by molar-refractivity contribution is -0.139. The standard InChI is InChI=1S/C26H25ClN2O4/c1-28(20-8-3-2-4-9-20)16-24(30)29-14-13-18-7-5-6-10-21(18)26(29)22-15-19(27)11-12-23(22)33-17-25(31)32/h2-12,15,26H,13-14,16-17H2,1H3,(H,31,32). The number of carboxylic acids is 1. The maximum Gasteiger partial charge on any atom is 0.341 e. The molecule has 1 aliphatic heterocycles. The van der Waals surface area contributed by atoms with E-state index in [0.29, 0.717) is 22.9 Å². The summed E-state index contributed by atoms with van der Waals surface area (Å²) in [6.07, 6.45) is 0.735. The predicted octanol–water partition coefficient (Wildman–Crippen LogP) is 4.41. The Balaban J connectivity index is 1.72. The highest BCUT2D eigenvalue weighted by Crippen LogP contribution is 2.40. The first-order chi connectivity index (χ1) is 15.9. The van der Waals surface area contributed by atoms with Crippen LogP contribution >= 0.6 is 11.6 Å². The van der Waals surface area contributed by atoms with Gasteiger partial charge in [0.1, 0.15) is 5.75 Å². The third-order valence-corrected chi connectivity index (χ3v) is 6.03. The number of likely N-dealkylation sites (N-methyl/N-ethyl adjacent to an activating group) is 1. The van der Waals surface area contributed by atoms with Crippen LogP contribution in [-0.2, 0) is 16.0 Å². The maximum absolute atomic E-state index is 13.6. The Kier molecular flexibility index (Phi) is 6.84. The molecule has 0 fully saturated rings. The average molecular weight is 465 g/mol. The molecule has 170 valence electrons. The molecule has 1 atom stereocenters. The first-order valence-corrected chi connectivity index (χ1v) is 11.1. The zero-order valence-corrected chi connectivity index (χ0v) is 19.0. The lowest BCUT2D eigenvalue weighted by atomic mass is 9.87. The number of aliphatic carboxylic acids is 1. The minimum atomic E-state index is -1.07. The Bertz CT molecular complexity index is 1150. The van der Waals surface area contributed by atoms with Crippen LogP contribution in [0, 0.1) is 0 Å². The minimum Gasteiger partial charge on any atom is -0.482 e. The van der Waals surface area contributed by atoms with E-state index in [1.54, 1.807) is 18.2 Å². The maximum atomic E-state index is 13.6. The number of halogens is 1. The van der Waals surface area contributed by atoms with Crippen LogP contribution in [0.1, 0.15) is 22.7 Å². The van der Waals surface area contributed by atoms with Crippen LogP contribution in [0.3, 0.4) is 0 Å². The van der Waals surface area contributed by atoms with Crippen LogP contribution in [0.2, 0.25) is 5.02 Å². The lowest BCUT2D eigenvalue weighted by Gasteiger charge is -2.39. The number of hydrogen-bond acceptors (Lipinski definition) is 4. The molecule has 6 nitrogen and oxygen atoms in total. The summed E-state index contributed by atoms with van der Waals surface area (Å²) in [5, 5.41) is 9.61. The van der Waals surface area contributed by atoms with Gasteiger partial charge in [-0.1, -0.05) is 54.1 Å². The largest absolute Gasteiger partial charge is 0.482 e. The van der Waals surface area contributed by atoms with Crippen LogP contribution < -0.4 is 9.64 Å². The Morgan fingerprint density at radius 1 is 1.06 bits per heavy atom. The van der Waals surface area contributed by atoms with Crippen molar-refractivity contribution in [1.82, 2.24) is 4.90 Å². The summed E-state index contributed by atoms with van der Waals surface area (Å²) in [5.74, 6) is -0.708. The topological polar surface area (TPSA) is 70.1 Å². The molecule has 7 heteroatoms. The van der Waals surface area contributed by atoms with Crippen molar-refractivity contribution in [2.24, 2.45) is 0 Å². The van der Waals surface area contributed by atoms with E-state index in [4.69, 9.17) is 21.4 Å². The number of nitrogens with zero attached hydrogens (tertiary/aromatic N) is 2. The second kappa shape index (κ2) is 9.96. The average Bonchev–Trinajstić information content (AvgIpc) is 2.82. The van der Waals surface area contributed by atoms with Gasteiger partial charge >= 0.3 is 5.97 Å². The van der Waals surface area contributed by atoms with Crippen molar-refractivity contribution in [2.45, 2.75) is 12.5 Å². The van der Waals surface area contributed by atoms with E-state index >= 15 is 0 Å². The number of rotatable bonds is 7. The lowest BCUT2D eigenvalue weighted by Crippen LogP contribution is -2.45. The number of carbonyl (C=O) groups is 2. The second-order valence-electron chi connectivity index (χ2n) is 7.99. The molecule has 0 radical (unpaired) electrons. The molecule has 1 heterocycles. The normalized spacial score (nSPS) is 15.0. The van der Waals surface area contributed by atoms with E-state index in [0.717, 1.165) is 23.2 Å². The zero-order chi connectivity index (χ0) is 23.4. The van der Waals surface area contributed by atoms with Crippen LogP contribution in [-0.4, -0.2) is 48.6 Å². The SMILES string of the molecule is CN(CC(=O)N1CCc2ccccc2C1c1cc(Cl)ccc1OCC(=O)O)c1ccccc1. The smallest absolute Gasteiger partial charge is 0.341 e. The molecule has 0 saturated carbocycles. The molecule has 0 spiro atoms. The van der Waals surface area contributed by atoms with Gasteiger partial charge < -0.3 is 19.6 Å². The van der Waals surface area contributed by atoms with Gasteiger partial charge in [0.05, 0.1) is 12.6 Å². The van der Waals surface area contributed by atoms with E-state index in [1.807, 2.05) is 65.4 Å². The number of hydrogen-bond donors (Lipinski definition) is 1. The fourth-order valence-corrected chi connectivity index (χ4v) is 4.42. The number of anilines is 1. The van der Waals surface area contributed by atoms with Crippen LogP contribution in [0.25, 0.3) is 0 Å². The van der Waals surface area contributed by atoms with Crippen LogP contribution in [0.4, 0.5) is 5.69 Å². The second-order valence-corrected chi connectivity index (χ2v) is 8.43. The number of fused-ring (bicyclic) bond motifs is 1. The Morgan fingerprint density at radius 2 is 1.79 bits per heavy atom. The van der Waals surface area contributed by atoms with Crippen molar-refractivity contribution in [3.63, 3.8) is 0 Å². The van der Waals surface area contributed by atoms with Gasteiger partial charge in [-0.3, -0.25) is 4.79 Å². The third kappa shape index (κ3) is 5.12. The quantitative estimate of drug-likeness (QED) is 0.560. The van der Waals surface area contributed by atoms with Gasteiger partial charge in [-0.25, -0.2) is 4.79 Å². The molecule has 3 aromatic rings. The van der Waals surface area contributed by atoms with Gasteiger partial charge in [-0.15, -0.1) is 0 Å². The van der Waals surface area contributed by atoms with E-state index in [2.05, 4.69) is 6.07 Å². The van der Waals surface area contributed by atoms with Gasteiger partial charge in [-0.05, 0) is 47.9 Å². The summed E-state index contributed by atoms with van der Waals surface area (Å²) in [6, 6.07) is 22.4. The van der Waals surface area contributed by atoms with Crippen molar-refractivity contribution < 1.29 is 19.4 Å². The molecule has 1 aliphatic rings. The minimum absolute atomic E-state index is 0.0370. The Morgan fingerprint density at radius 3 is 2.55 bits per heavy atom. The fourth-order valence-electron chi connectivity index (χ4n) is 4.24. The molecule has 4 rings (SSSR count). The number of carbonyl (C=O) groups excluding carboxylic acids is 1. The molecular weight excluding hydrogens is 440 g/mol. The van der Waals surface area contributed by atoms with Gasteiger partial charge in [0.25, 0.3) is 0 Å². The summed E-state index contributed by atoms with van der Waals surface area (Å²) in [4.78, 5) is 28.4. The Hall–Kier alpha value is -3.51. The van der Waals surface area contributed by atoms with Gasteiger partial charge in [-0.2, -0.15) is 0 Å². The molecular formula is C26H25ClN2O4. The third-order valence-electron chi connectivity index (χ3n) is 5.79. The van der Waals surface area contributed by atoms with E-state index in [9.17, 15) is 9.59 Å². The molecule has 1 unspecified atom stereocenters. The van der Waals surface area contributed by atoms with Gasteiger partial charge in [0.15, 0.2) is 6.61 Å². The Labute approximate surface area is 198 Å². The fraction of sp³-hybridized carbons (Fsp3) is 0.231. The van der Waals surface area contributed by atoms with E-state index in [-0.39, 0.29) is 12.5 Å². The highest BCUT2D eigenvalue weighted by Gasteiger charge is 2.34. The highest BCUT2D eigenvalue weighted by atomic mass is 35.5. The molecule has 1 N–H and O–H groups in total. The summed E-state index contributed by atoms with van der Waals surface area (Å²) >= 11 is 6.33. The molecule has 3 aromatic carbocycles. The van der Waals surface area contributed by atoms with Crippen molar-refractivity contribution in [2.75, 3.05) is 31.6 Å². The van der Waals surface area contributed by atoms with Gasteiger partial charge in [0.2, 0.25) is 5.91 Å². The zero-order valence-electron chi connectivity index (χ0n) is 18.3. The molecule has 33 heavy (non-hydrogen) atoms. The number of para-hydroxylation sites is 1. The summed E-state index contributed by atoms with van der Waals surface area (Å²) in [6.45, 7) is 0.260. The van der Waals surface area contributed by atoms with E-state index < -0.39 is 18.6 Å².